The standard InChI is InChI=1S/C19H26N4OS2/c1-14-17(26-15(2)21-14)12-22-8-3-5-19(7-9-22)6-4-18(24)23(19)11-16-10-20-13-25-16/h10,13H,3-9,11-12H2,1-2H3. The van der Waals surface area contributed by atoms with E-state index in [0.717, 1.165) is 56.9 Å². The molecule has 140 valence electrons. The first-order valence-corrected chi connectivity index (χ1v) is 11.1. The summed E-state index contributed by atoms with van der Waals surface area (Å²) in [6.45, 7) is 8.10. The van der Waals surface area contributed by atoms with Crippen LogP contribution in [0.4, 0.5) is 0 Å². The van der Waals surface area contributed by atoms with Crippen molar-refractivity contribution in [2.24, 2.45) is 0 Å². The van der Waals surface area contributed by atoms with Gasteiger partial charge >= 0.3 is 0 Å². The van der Waals surface area contributed by atoms with Crippen molar-refractivity contribution in [3.8, 4) is 0 Å². The van der Waals surface area contributed by atoms with E-state index in [9.17, 15) is 4.79 Å². The maximum absolute atomic E-state index is 12.6. The van der Waals surface area contributed by atoms with Crippen LogP contribution in [0, 0.1) is 13.8 Å². The molecule has 4 heterocycles. The van der Waals surface area contributed by atoms with Crippen molar-refractivity contribution in [2.45, 2.75) is 64.6 Å². The van der Waals surface area contributed by atoms with Crippen molar-refractivity contribution in [1.82, 2.24) is 19.8 Å². The normalized spacial score (nSPS) is 24.5. The fraction of sp³-hybridized carbons (Fsp3) is 0.632. The largest absolute Gasteiger partial charge is 0.332 e. The lowest BCUT2D eigenvalue weighted by Gasteiger charge is -2.38. The van der Waals surface area contributed by atoms with Gasteiger partial charge in [0.2, 0.25) is 5.91 Å². The zero-order valence-electron chi connectivity index (χ0n) is 15.5. The Bertz CT molecular complexity index is 773. The molecule has 2 aromatic heterocycles. The second kappa shape index (κ2) is 7.37. The molecule has 2 aromatic rings. The third-order valence-electron chi connectivity index (χ3n) is 5.85. The van der Waals surface area contributed by atoms with E-state index in [2.05, 4.69) is 33.6 Å². The van der Waals surface area contributed by atoms with Gasteiger partial charge in [0.15, 0.2) is 0 Å². The minimum absolute atomic E-state index is 0.0501. The van der Waals surface area contributed by atoms with Gasteiger partial charge < -0.3 is 4.90 Å². The van der Waals surface area contributed by atoms with Gasteiger partial charge in [0.25, 0.3) is 0 Å². The summed E-state index contributed by atoms with van der Waals surface area (Å²) in [6, 6.07) is 0. The van der Waals surface area contributed by atoms with Crippen molar-refractivity contribution >= 4 is 28.6 Å². The van der Waals surface area contributed by atoms with Crippen LogP contribution in [0.3, 0.4) is 0 Å². The van der Waals surface area contributed by atoms with Crippen LogP contribution in [0.2, 0.25) is 0 Å². The molecule has 26 heavy (non-hydrogen) atoms. The highest BCUT2D eigenvalue weighted by molar-refractivity contribution is 7.11. The molecule has 2 aliphatic rings. The van der Waals surface area contributed by atoms with Gasteiger partial charge in [-0.15, -0.1) is 22.7 Å². The fourth-order valence-corrected chi connectivity index (χ4v) is 6.00. The average molecular weight is 391 g/mol. The molecule has 5 nitrogen and oxygen atoms in total. The molecule has 0 radical (unpaired) electrons. The van der Waals surface area contributed by atoms with E-state index in [0.29, 0.717) is 12.3 Å². The molecule has 0 saturated carbocycles. The highest BCUT2D eigenvalue weighted by Gasteiger charge is 2.45. The molecule has 1 amide bonds. The zero-order chi connectivity index (χ0) is 18.1. The monoisotopic (exact) mass is 390 g/mol. The number of nitrogens with zero attached hydrogens (tertiary/aromatic N) is 4. The Kier molecular flexibility index (Phi) is 5.12. The number of hydrogen-bond donors (Lipinski definition) is 0. The van der Waals surface area contributed by atoms with E-state index >= 15 is 0 Å². The average Bonchev–Trinajstić information content (AvgIpc) is 3.26. The molecule has 4 rings (SSSR count). The number of hydrogen-bond acceptors (Lipinski definition) is 6. The van der Waals surface area contributed by atoms with Crippen LogP contribution in [0.15, 0.2) is 11.7 Å². The highest BCUT2D eigenvalue weighted by atomic mass is 32.1. The van der Waals surface area contributed by atoms with Crippen LogP contribution >= 0.6 is 22.7 Å². The number of rotatable bonds is 4. The summed E-state index contributed by atoms with van der Waals surface area (Å²) in [4.78, 5) is 28.7. The first kappa shape index (κ1) is 18.1. The smallest absolute Gasteiger partial charge is 0.223 e. The molecule has 1 spiro atoms. The first-order valence-electron chi connectivity index (χ1n) is 9.39. The summed E-state index contributed by atoms with van der Waals surface area (Å²) in [5.41, 5.74) is 3.08. The maximum Gasteiger partial charge on any atom is 0.223 e. The lowest BCUT2D eigenvalue weighted by molar-refractivity contribution is -0.132. The van der Waals surface area contributed by atoms with Crippen molar-refractivity contribution in [2.75, 3.05) is 13.1 Å². The Morgan fingerprint density at radius 2 is 2.08 bits per heavy atom. The summed E-state index contributed by atoms with van der Waals surface area (Å²) in [6.07, 6.45) is 6.97. The van der Waals surface area contributed by atoms with Crippen LogP contribution in [0.5, 0.6) is 0 Å². The van der Waals surface area contributed by atoms with E-state index in [1.165, 1.54) is 15.4 Å². The topological polar surface area (TPSA) is 49.3 Å². The van der Waals surface area contributed by atoms with Gasteiger partial charge in [0.05, 0.1) is 22.8 Å². The number of aromatic nitrogens is 2. The molecule has 7 heteroatoms. The number of aryl methyl sites for hydroxylation is 2. The quantitative estimate of drug-likeness (QED) is 0.797. The minimum Gasteiger partial charge on any atom is -0.332 e. The van der Waals surface area contributed by atoms with Crippen molar-refractivity contribution in [3.63, 3.8) is 0 Å². The van der Waals surface area contributed by atoms with E-state index in [-0.39, 0.29) is 5.54 Å². The second-order valence-electron chi connectivity index (χ2n) is 7.54. The number of likely N-dealkylation sites (tertiary alicyclic amines) is 2. The van der Waals surface area contributed by atoms with E-state index in [1.807, 2.05) is 23.0 Å². The lowest BCUT2D eigenvalue weighted by atomic mass is 9.87. The third kappa shape index (κ3) is 3.57. The first-order chi connectivity index (χ1) is 12.6. The fourth-order valence-electron chi connectivity index (χ4n) is 4.44. The van der Waals surface area contributed by atoms with Gasteiger partial charge in [-0.05, 0) is 46.1 Å². The summed E-state index contributed by atoms with van der Waals surface area (Å²) in [7, 11) is 0. The molecule has 2 aliphatic heterocycles. The van der Waals surface area contributed by atoms with E-state index in [1.54, 1.807) is 11.3 Å². The lowest BCUT2D eigenvalue weighted by Crippen LogP contribution is -2.45. The molecule has 2 fully saturated rings. The Labute approximate surface area is 163 Å². The van der Waals surface area contributed by atoms with E-state index < -0.39 is 0 Å². The van der Waals surface area contributed by atoms with Crippen LogP contribution in [0.25, 0.3) is 0 Å². The summed E-state index contributed by atoms with van der Waals surface area (Å²) in [5, 5.41) is 1.15. The van der Waals surface area contributed by atoms with E-state index in [4.69, 9.17) is 0 Å². The van der Waals surface area contributed by atoms with Gasteiger partial charge in [-0.1, -0.05) is 0 Å². The third-order valence-corrected chi connectivity index (χ3v) is 7.67. The summed E-state index contributed by atoms with van der Waals surface area (Å²) >= 11 is 3.47. The molecule has 0 bridgehead atoms. The number of carbonyl (C=O) groups excluding carboxylic acids is 1. The molecular formula is C19H26N4OS2. The van der Waals surface area contributed by atoms with Gasteiger partial charge in [-0.3, -0.25) is 14.7 Å². The minimum atomic E-state index is 0.0501. The predicted molar refractivity (Wildman–Crippen MR) is 105 cm³/mol. The Balaban J connectivity index is 1.46. The zero-order valence-corrected chi connectivity index (χ0v) is 17.2. The highest BCUT2D eigenvalue weighted by Crippen LogP contribution is 2.40. The van der Waals surface area contributed by atoms with Crippen molar-refractivity contribution in [3.05, 3.63) is 32.2 Å². The molecule has 2 saturated heterocycles. The van der Waals surface area contributed by atoms with Crippen molar-refractivity contribution < 1.29 is 4.79 Å². The molecular weight excluding hydrogens is 364 g/mol. The molecule has 1 unspecified atom stereocenters. The maximum atomic E-state index is 12.6. The van der Waals surface area contributed by atoms with Crippen LogP contribution in [-0.2, 0) is 17.9 Å². The Morgan fingerprint density at radius 1 is 1.19 bits per heavy atom. The van der Waals surface area contributed by atoms with Gasteiger partial charge in [0, 0.05) is 41.0 Å². The van der Waals surface area contributed by atoms with Crippen molar-refractivity contribution in [1.29, 1.82) is 0 Å². The predicted octanol–water partition coefficient (Wildman–Crippen LogP) is 3.76. The van der Waals surface area contributed by atoms with Crippen LogP contribution in [0.1, 0.15) is 52.6 Å². The number of carbonyl (C=O) groups is 1. The summed E-state index contributed by atoms with van der Waals surface area (Å²) < 4.78 is 0. The Morgan fingerprint density at radius 3 is 2.81 bits per heavy atom. The van der Waals surface area contributed by atoms with Crippen LogP contribution < -0.4 is 0 Å². The van der Waals surface area contributed by atoms with Gasteiger partial charge in [-0.25, -0.2) is 4.98 Å². The van der Waals surface area contributed by atoms with Crippen LogP contribution in [-0.4, -0.2) is 44.3 Å². The summed E-state index contributed by atoms with van der Waals surface area (Å²) in [5.74, 6) is 0.320. The SMILES string of the molecule is Cc1nc(C)c(CN2CCCC3(CCC(=O)N3Cc3cncs3)CC2)s1. The van der Waals surface area contributed by atoms with Gasteiger partial charge in [0.1, 0.15) is 0 Å². The van der Waals surface area contributed by atoms with Gasteiger partial charge in [-0.2, -0.15) is 0 Å². The second-order valence-corrected chi connectivity index (χ2v) is 9.80. The Hall–Kier alpha value is -1.31. The molecule has 0 N–H and O–H groups in total. The molecule has 0 aliphatic carbocycles. The number of amides is 1. The number of thiazole rings is 2. The molecule has 1 atom stereocenters. The molecule has 0 aromatic carbocycles.